The molecule has 0 aliphatic heterocycles. The first-order valence-corrected chi connectivity index (χ1v) is 11.1. The molecule has 1 N–H and O–H groups in total. The maximum Gasteiger partial charge on any atom is 0.261 e. The Morgan fingerprint density at radius 2 is 1.71 bits per heavy atom. The second-order valence-corrected chi connectivity index (χ2v) is 8.91. The Kier molecular flexibility index (Phi) is 9.20. The molecule has 0 fully saturated rings. The van der Waals surface area contributed by atoms with Crippen molar-refractivity contribution in [1.29, 1.82) is 0 Å². The third-order valence-corrected chi connectivity index (χ3v) is 5.65. The molecule has 0 saturated heterocycles. The number of benzene rings is 2. The minimum absolute atomic E-state index is 0.101. The van der Waals surface area contributed by atoms with E-state index < -0.39 is 6.04 Å². The minimum atomic E-state index is -0.721. The van der Waals surface area contributed by atoms with Crippen LogP contribution in [0.1, 0.15) is 37.5 Å². The van der Waals surface area contributed by atoms with Crippen LogP contribution in [0.2, 0.25) is 10.0 Å². The summed E-state index contributed by atoms with van der Waals surface area (Å²) < 4.78 is 5.80. The molecule has 0 aliphatic carbocycles. The molecule has 5 nitrogen and oxygen atoms in total. The van der Waals surface area contributed by atoms with E-state index in [9.17, 15) is 9.59 Å². The van der Waals surface area contributed by atoms with Gasteiger partial charge in [-0.05, 0) is 56.0 Å². The van der Waals surface area contributed by atoms with Gasteiger partial charge in [-0.3, -0.25) is 9.59 Å². The second-order valence-electron chi connectivity index (χ2n) is 8.09. The third-order valence-electron chi connectivity index (χ3n) is 4.94. The first-order chi connectivity index (χ1) is 14.6. The summed E-state index contributed by atoms with van der Waals surface area (Å²) in [6.07, 6.45) is 0. The molecular formula is C24H30Cl2N2O3. The van der Waals surface area contributed by atoms with Crippen LogP contribution in [-0.2, 0) is 16.1 Å². The number of carbonyl (C=O) groups excluding carboxylic acids is 2. The van der Waals surface area contributed by atoms with E-state index in [4.69, 9.17) is 27.9 Å². The monoisotopic (exact) mass is 464 g/mol. The van der Waals surface area contributed by atoms with Gasteiger partial charge in [0.25, 0.3) is 5.91 Å². The van der Waals surface area contributed by atoms with E-state index in [-0.39, 0.29) is 25.0 Å². The lowest BCUT2D eigenvalue weighted by atomic mass is 10.1. The number of halogens is 2. The summed E-state index contributed by atoms with van der Waals surface area (Å²) in [5, 5.41) is 3.76. The van der Waals surface area contributed by atoms with Gasteiger partial charge in [0, 0.05) is 28.7 Å². The topological polar surface area (TPSA) is 58.6 Å². The van der Waals surface area contributed by atoms with E-state index in [1.54, 1.807) is 25.1 Å². The summed E-state index contributed by atoms with van der Waals surface area (Å²) in [6.45, 7) is 10.0. The Labute approximate surface area is 194 Å². The highest BCUT2D eigenvalue weighted by atomic mass is 35.5. The maximum atomic E-state index is 13.2. The standard InChI is InChI=1S/C24H30Cl2N2O3/c1-15(2)12-27-24(30)18(5)28(13-19-20(25)7-6-8-21(19)26)23(29)14-31-22-11-16(3)9-10-17(22)4/h6-11,15,18H,12-14H2,1-5H3,(H,27,30). The molecule has 0 heterocycles. The zero-order valence-corrected chi connectivity index (χ0v) is 20.2. The van der Waals surface area contributed by atoms with Gasteiger partial charge in [0.15, 0.2) is 6.61 Å². The van der Waals surface area contributed by atoms with E-state index in [0.29, 0.717) is 33.8 Å². The Balaban J connectivity index is 2.24. The molecule has 1 unspecified atom stereocenters. The fourth-order valence-corrected chi connectivity index (χ4v) is 3.49. The largest absolute Gasteiger partial charge is 0.483 e. The van der Waals surface area contributed by atoms with E-state index >= 15 is 0 Å². The average molecular weight is 465 g/mol. The molecule has 2 amide bonds. The second kappa shape index (κ2) is 11.4. The van der Waals surface area contributed by atoms with Crippen LogP contribution < -0.4 is 10.1 Å². The van der Waals surface area contributed by atoms with Crippen molar-refractivity contribution in [2.24, 2.45) is 5.92 Å². The first-order valence-electron chi connectivity index (χ1n) is 10.3. The minimum Gasteiger partial charge on any atom is -0.483 e. The predicted octanol–water partition coefficient (Wildman–Crippen LogP) is 5.18. The van der Waals surface area contributed by atoms with Gasteiger partial charge in [-0.2, -0.15) is 0 Å². The summed E-state index contributed by atoms with van der Waals surface area (Å²) in [5.41, 5.74) is 2.56. The van der Waals surface area contributed by atoms with Gasteiger partial charge in [-0.1, -0.05) is 55.2 Å². The van der Waals surface area contributed by atoms with Crippen LogP contribution >= 0.6 is 23.2 Å². The van der Waals surface area contributed by atoms with E-state index in [1.807, 2.05) is 45.9 Å². The lowest BCUT2D eigenvalue weighted by molar-refractivity contribution is -0.142. The van der Waals surface area contributed by atoms with Gasteiger partial charge in [0.2, 0.25) is 5.91 Å². The molecule has 2 aromatic rings. The smallest absolute Gasteiger partial charge is 0.261 e. The molecule has 31 heavy (non-hydrogen) atoms. The number of amides is 2. The zero-order chi connectivity index (χ0) is 23.1. The Hall–Kier alpha value is -2.24. The Morgan fingerprint density at radius 3 is 2.32 bits per heavy atom. The lowest BCUT2D eigenvalue weighted by Crippen LogP contribution is -2.49. The van der Waals surface area contributed by atoms with Gasteiger partial charge >= 0.3 is 0 Å². The number of hydrogen-bond acceptors (Lipinski definition) is 3. The highest BCUT2D eigenvalue weighted by molar-refractivity contribution is 6.36. The molecule has 168 valence electrons. The van der Waals surface area contributed by atoms with E-state index in [2.05, 4.69) is 5.32 Å². The van der Waals surface area contributed by atoms with Gasteiger partial charge in [0.1, 0.15) is 11.8 Å². The molecule has 2 rings (SSSR count). The Morgan fingerprint density at radius 1 is 1.06 bits per heavy atom. The van der Waals surface area contributed by atoms with Crippen molar-refractivity contribution in [1.82, 2.24) is 10.2 Å². The zero-order valence-electron chi connectivity index (χ0n) is 18.7. The summed E-state index contributed by atoms with van der Waals surface area (Å²) >= 11 is 12.6. The van der Waals surface area contributed by atoms with Crippen LogP contribution in [0.25, 0.3) is 0 Å². The highest BCUT2D eigenvalue weighted by Crippen LogP contribution is 2.27. The van der Waals surface area contributed by atoms with Crippen molar-refractivity contribution in [2.75, 3.05) is 13.2 Å². The van der Waals surface area contributed by atoms with Crippen molar-refractivity contribution in [3.63, 3.8) is 0 Å². The molecule has 2 aromatic carbocycles. The van der Waals surface area contributed by atoms with Crippen LogP contribution in [0, 0.1) is 19.8 Å². The number of rotatable bonds is 9. The number of nitrogens with zero attached hydrogens (tertiary/aromatic N) is 1. The van der Waals surface area contributed by atoms with Crippen molar-refractivity contribution in [3.8, 4) is 5.75 Å². The van der Waals surface area contributed by atoms with Gasteiger partial charge in [0.05, 0.1) is 0 Å². The normalized spacial score (nSPS) is 11.9. The molecule has 0 spiro atoms. The van der Waals surface area contributed by atoms with Gasteiger partial charge in [-0.25, -0.2) is 0 Å². The summed E-state index contributed by atoms with van der Waals surface area (Å²) in [5.74, 6) is 0.369. The molecule has 0 aliphatic rings. The molecule has 0 aromatic heterocycles. The number of carbonyl (C=O) groups is 2. The predicted molar refractivity (Wildman–Crippen MR) is 126 cm³/mol. The Bertz CT molecular complexity index is 911. The van der Waals surface area contributed by atoms with Crippen LogP contribution in [0.5, 0.6) is 5.75 Å². The fourth-order valence-electron chi connectivity index (χ4n) is 2.97. The number of ether oxygens (including phenoxy) is 1. The first kappa shape index (κ1) is 25.0. The summed E-state index contributed by atoms with van der Waals surface area (Å²) in [6, 6.07) is 10.2. The molecule has 7 heteroatoms. The quantitative estimate of drug-likeness (QED) is 0.555. The van der Waals surface area contributed by atoms with E-state index in [1.165, 1.54) is 4.90 Å². The summed E-state index contributed by atoms with van der Waals surface area (Å²) in [7, 11) is 0. The molecular weight excluding hydrogens is 435 g/mol. The molecule has 0 saturated carbocycles. The SMILES string of the molecule is Cc1ccc(C)c(OCC(=O)N(Cc2c(Cl)cccc2Cl)C(C)C(=O)NCC(C)C)c1. The highest BCUT2D eigenvalue weighted by Gasteiger charge is 2.28. The van der Waals surface area contributed by atoms with Crippen LogP contribution in [-0.4, -0.2) is 35.9 Å². The molecule has 0 bridgehead atoms. The number of hydrogen-bond donors (Lipinski definition) is 1. The van der Waals surface area contributed by atoms with E-state index in [0.717, 1.165) is 11.1 Å². The van der Waals surface area contributed by atoms with Crippen LogP contribution in [0.3, 0.4) is 0 Å². The van der Waals surface area contributed by atoms with Gasteiger partial charge < -0.3 is 15.0 Å². The van der Waals surface area contributed by atoms with Crippen molar-refractivity contribution >= 4 is 35.0 Å². The van der Waals surface area contributed by atoms with Crippen molar-refractivity contribution in [2.45, 2.75) is 47.2 Å². The molecule has 1 atom stereocenters. The molecule has 0 radical (unpaired) electrons. The van der Waals surface area contributed by atoms with Gasteiger partial charge in [-0.15, -0.1) is 0 Å². The average Bonchev–Trinajstić information content (AvgIpc) is 2.71. The lowest BCUT2D eigenvalue weighted by Gasteiger charge is -2.29. The number of nitrogens with one attached hydrogen (secondary N) is 1. The maximum absolute atomic E-state index is 13.2. The van der Waals surface area contributed by atoms with Crippen LogP contribution in [0.4, 0.5) is 0 Å². The van der Waals surface area contributed by atoms with Crippen molar-refractivity contribution in [3.05, 3.63) is 63.1 Å². The third kappa shape index (κ3) is 7.15. The van der Waals surface area contributed by atoms with Crippen LogP contribution in [0.15, 0.2) is 36.4 Å². The number of aryl methyl sites for hydroxylation is 2. The van der Waals surface area contributed by atoms with Crippen molar-refractivity contribution < 1.29 is 14.3 Å². The fraction of sp³-hybridized carbons (Fsp3) is 0.417. The summed E-state index contributed by atoms with van der Waals surface area (Å²) in [4.78, 5) is 27.3.